The third-order valence-corrected chi connectivity index (χ3v) is 19.4. The van der Waals surface area contributed by atoms with Crippen molar-refractivity contribution < 1.29 is 0 Å². The highest BCUT2D eigenvalue weighted by Gasteiger charge is 2.35. The highest BCUT2D eigenvalue weighted by molar-refractivity contribution is 7.68. The molecule has 0 bridgehead atoms. The molecule has 0 spiro atoms. The van der Waals surface area contributed by atoms with Crippen molar-refractivity contribution in [2.24, 2.45) is 0 Å². The lowest BCUT2D eigenvalue weighted by Crippen LogP contribution is -2.45. The molecule has 0 aromatic heterocycles. The Labute approximate surface area is 245 Å². The van der Waals surface area contributed by atoms with Gasteiger partial charge in [-0.05, 0) is 84.6 Å². The maximum Gasteiger partial charge on any atom is 0.123 e. The molecule has 39 heavy (non-hydrogen) atoms. The third kappa shape index (κ3) is 7.12. The number of rotatable bonds is 8. The minimum absolute atomic E-state index is 0.0461. The Hall–Kier alpha value is -0.483. The topological polar surface area (TPSA) is 0 Å². The van der Waals surface area contributed by atoms with Gasteiger partial charge in [-0.1, -0.05) is 152 Å². The summed E-state index contributed by atoms with van der Waals surface area (Å²) in [4.78, 5) is 0. The van der Waals surface area contributed by atoms with Crippen molar-refractivity contribution in [3.05, 3.63) is 48.5 Å². The van der Waals surface area contributed by atoms with Gasteiger partial charge in [-0.25, -0.2) is 0 Å². The van der Waals surface area contributed by atoms with Gasteiger partial charge in [0.1, 0.15) is 9.52 Å². The zero-order valence-corrected chi connectivity index (χ0v) is 27.3. The molecule has 4 aliphatic carbocycles. The minimum Gasteiger partial charge on any atom is -0.0691 e. The number of benzene rings is 2. The lowest BCUT2D eigenvalue weighted by Gasteiger charge is -2.40. The smallest absolute Gasteiger partial charge is 0.0691 e. The van der Waals surface area contributed by atoms with Crippen molar-refractivity contribution in [3.8, 4) is 0 Å². The van der Waals surface area contributed by atoms with Crippen molar-refractivity contribution in [2.45, 2.75) is 151 Å². The Morgan fingerprint density at radius 1 is 0.385 bits per heavy atom. The van der Waals surface area contributed by atoms with Crippen molar-refractivity contribution >= 4 is 46.3 Å². The average molecular weight is 575 g/mol. The summed E-state index contributed by atoms with van der Waals surface area (Å²) < 4.78 is 0. The Morgan fingerprint density at radius 2 is 0.667 bits per heavy atom. The van der Waals surface area contributed by atoms with Crippen LogP contribution in [0.5, 0.6) is 0 Å². The Morgan fingerprint density at radius 3 is 0.974 bits per heavy atom. The maximum absolute atomic E-state index is 2.62. The first-order valence-corrected chi connectivity index (χ1v) is 20.9. The van der Waals surface area contributed by atoms with E-state index in [4.69, 9.17) is 0 Å². The molecule has 0 unspecified atom stereocenters. The molecule has 0 heterocycles. The second-order valence-corrected chi connectivity index (χ2v) is 20.0. The summed E-state index contributed by atoms with van der Waals surface area (Å²) in [5.41, 5.74) is 3.94. The lowest BCUT2D eigenvalue weighted by molar-refractivity contribution is 0.487. The molecule has 4 aliphatic rings. The molecule has 210 valence electrons. The molecule has 0 N–H and O–H groups in total. The van der Waals surface area contributed by atoms with Gasteiger partial charge in [-0.15, -0.1) is 0 Å². The normalized spacial score (nSPS) is 23.0. The largest absolute Gasteiger partial charge is 0.123 e. The van der Waals surface area contributed by atoms with Crippen molar-refractivity contribution in [1.82, 2.24) is 0 Å². The second-order valence-electron chi connectivity index (χ2n) is 13.1. The van der Waals surface area contributed by atoms with E-state index in [1.807, 2.05) is 10.6 Å². The van der Waals surface area contributed by atoms with Gasteiger partial charge >= 0.3 is 0 Å². The zero-order valence-electron chi connectivity index (χ0n) is 24.5. The Balaban J connectivity index is 1.34. The van der Waals surface area contributed by atoms with E-state index in [0.29, 0.717) is 0 Å². The van der Waals surface area contributed by atoms with Crippen LogP contribution in [-0.2, 0) is 0 Å². The number of hydrogen-bond acceptors (Lipinski definition) is 0. The van der Waals surface area contributed by atoms with E-state index in [1.165, 1.54) is 128 Å². The monoisotopic (exact) mass is 574 g/mol. The second kappa shape index (κ2) is 14.6. The van der Waals surface area contributed by atoms with Gasteiger partial charge in [0, 0.05) is 0 Å². The van der Waals surface area contributed by atoms with Gasteiger partial charge in [-0.2, -0.15) is 0 Å². The van der Waals surface area contributed by atoms with Gasteiger partial charge in [0.2, 0.25) is 0 Å². The molecule has 0 aliphatic heterocycles. The van der Waals surface area contributed by atoms with Crippen LogP contribution < -0.4 is 21.0 Å². The first-order valence-electron chi connectivity index (χ1n) is 16.9. The van der Waals surface area contributed by atoms with E-state index in [1.54, 1.807) is 10.4 Å². The Kier molecular flexibility index (Phi) is 10.7. The summed E-state index contributed by atoms with van der Waals surface area (Å²) in [5.74, 6) is 0. The van der Waals surface area contributed by atoms with Crippen molar-refractivity contribution in [3.63, 3.8) is 0 Å². The van der Waals surface area contributed by atoms with E-state index >= 15 is 0 Å². The van der Waals surface area contributed by atoms with Crippen molar-refractivity contribution in [1.29, 1.82) is 0 Å². The van der Waals surface area contributed by atoms with E-state index in [-0.39, 0.29) is 15.8 Å². The molecule has 4 fully saturated rings. The first kappa shape index (κ1) is 28.6. The molecule has 0 saturated heterocycles. The summed E-state index contributed by atoms with van der Waals surface area (Å²) in [5, 5.41) is 7.13. The molecule has 0 atom stereocenters. The van der Waals surface area contributed by atoms with E-state index in [9.17, 15) is 0 Å². The maximum atomic E-state index is 2.62. The molecule has 2 radical (unpaired) electrons. The number of hydrogen-bond donors (Lipinski definition) is 0. The zero-order chi connectivity index (χ0) is 26.3. The van der Waals surface area contributed by atoms with E-state index in [0.717, 1.165) is 32.2 Å². The van der Waals surface area contributed by atoms with Crippen LogP contribution in [0.4, 0.5) is 0 Å². The first-order chi connectivity index (χ1) is 19.4. The summed E-state index contributed by atoms with van der Waals surface area (Å²) in [6, 6.07) is 19.9. The standard InChI is InChI=1S/C36H52P2Si/c1-5-17-29(18-6-1)37(30-19-7-2-8-20-30)33-25-13-15-27-35(33)39-36-28-16-14-26-34(36)38(31-21-9-3-10-22-31)32-23-11-4-12-24-32/h13-16,25-32H,1-12,17-24H2. The molecule has 2 aromatic rings. The van der Waals surface area contributed by atoms with Crippen molar-refractivity contribution in [2.75, 3.05) is 0 Å². The molecule has 0 nitrogen and oxygen atoms in total. The van der Waals surface area contributed by atoms with Gasteiger partial charge < -0.3 is 0 Å². The van der Waals surface area contributed by atoms with Crippen LogP contribution in [0, 0.1) is 0 Å². The average Bonchev–Trinajstić information content (AvgIpc) is 3.01. The lowest BCUT2D eigenvalue weighted by atomic mass is 9.99. The molecule has 2 aromatic carbocycles. The molecular weight excluding hydrogens is 522 g/mol. The Bertz CT molecular complexity index is 895. The van der Waals surface area contributed by atoms with Crippen LogP contribution in [0.25, 0.3) is 0 Å². The predicted octanol–water partition coefficient (Wildman–Crippen LogP) is 8.89. The molecule has 6 rings (SSSR count). The highest BCUT2D eigenvalue weighted by Crippen LogP contribution is 2.56. The van der Waals surface area contributed by atoms with Crippen LogP contribution in [0.15, 0.2) is 48.5 Å². The minimum atomic E-state index is -0.0461. The fourth-order valence-electron chi connectivity index (χ4n) is 8.57. The fraction of sp³-hybridized carbons (Fsp3) is 0.667. The van der Waals surface area contributed by atoms with Gasteiger partial charge in [0.25, 0.3) is 0 Å². The van der Waals surface area contributed by atoms with Crippen LogP contribution in [0.1, 0.15) is 128 Å². The quantitative estimate of drug-likeness (QED) is 0.218. The van der Waals surface area contributed by atoms with Gasteiger partial charge in [0.05, 0.1) is 0 Å². The van der Waals surface area contributed by atoms with Crippen LogP contribution >= 0.6 is 15.8 Å². The fourth-order valence-corrected chi connectivity index (χ4v) is 18.4. The highest BCUT2D eigenvalue weighted by atomic mass is 31.1. The molecule has 4 saturated carbocycles. The summed E-state index contributed by atoms with van der Waals surface area (Å²) >= 11 is 0. The SMILES string of the molecule is c1ccc(P(C2CCCCC2)C2CCCCC2)c([Si]c2ccccc2P(C2CCCCC2)C2CCCCC2)c1. The van der Waals surface area contributed by atoms with E-state index < -0.39 is 0 Å². The molecule has 0 amide bonds. The summed E-state index contributed by atoms with van der Waals surface area (Å²) in [6.07, 6.45) is 29.8. The van der Waals surface area contributed by atoms with Gasteiger partial charge in [0.15, 0.2) is 0 Å². The third-order valence-electron chi connectivity index (χ3n) is 10.5. The van der Waals surface area contributed by atoms with Crippen LogP contribution in [0.2, 0.25) is 0 Å². The predicted molar refractivity (Wildman–Crippen MR) is 179 cm³/mol. The van der Waals surface area contributed by atoms with Crippen LogP contribution in [0.3, 0.4) is 0 Å². The summed E-state index contributed by atoms with van der Waals surface area (Å²) in [6.45, 7) is 0. The molecule has 3 heteroatoms. The van der Waals surface area contributed by atoms with E-state index in [2.05, 4.69) is 48.5 Å². The van der Waals surface area contributed by atoms with Gasteiger partial charge in [-0.3, -0.25) is 0 Å². The molecular formula is C36H52P2Si. The summed E-state index contributed by atoms with van der Waals surface area (Å²) in [7, 11) is 0.757. The van der Waals surface area contributed by atoms with Crippen LogP contribution in [-0.4, -0.2) is 32.2 Å².